The minimum absolute atomic E-state index is 0.214. The van der Waals surface area contributed by atoms with Crippen molar-refractivity contribution in [2.24, 2.45) is 0 Å². The number of hydrogen-bond acceptors (Lipinski definition) is 1. The van der Waals surface area contributed by atoms with Crippen molar-refractivity contribution < 1.29 is 0 Å². The highest BCUT2D eigenvalue weighted by atomic mass is 35.5. The number of halogens is 2. The van der Waals surface area contributed by atoms with Crippen molar-refractivity contribution in [3.8, 4) is 0 Å². The van der Waals surface area contributed by atoms with Crippen LogP contribution < -0.4 is 5.32 Å². The van der Waals surface area contributed by atoms with Crippen molar-refractivity contribution in [2.75, 3.05) is 6.54 Å². The van der Waals surface area contributed by atoms with Crippen LogP contribution in [0.5, 0.6) is 0 Å². The molecule has 1 N–H and O–H groups in total. The zero-order chi connectivity index (χ0) is 13.7. The Bertz CT molecular complexity index is 454. The van der Waals surface area contributed by atoms with Gasteiger partial charge in [-0.1, -0.05) is 41.8 Å². The second-order valence-corrected chi connectivity index (χ2v) is 5.92. The van der Waals surface area contributed by atoms with Gasteiger partial charge in [-0.25, -0.2) is 0 Å². The molecule has 0 aromatic heterocycles. The second-order valence-electron chi connectivity index (χ2n) is 5.08. The van der Waals surface area contributed by atoms with E-state index in [1.165, 1.54) is 24.8 Å². The maximum absolute atomic E-state index is 6.36. The van der Waals surface area contributed by atoms with Gasteiger partial charge in [-0.15, -0.1) is 0 Å². The van der Waals surface area contributed by atoms with Gasteiger partial charge in [0.2, 0.25) is 0 Å². The quantitative estimate of drug-likeness (QED) is 0.704. The first-order chi connectivity index (χ1) is 9.22. The van der Waals surface area contributed by atoms with Crippen molar-refractivity contribution in [3.63, 3.8) is 0 Å². The van der Waals surface area contributed by atoms with E-state index in [4.69, 9.17) is 23.2 Å². The van der Waals surface area contributed by atoms with Crippen molar-refractivity contribution in [2.45, 2.75) is 45.1 Å². The lowest BCUT2D eigenvalue weighted by Gasteiger charge is -2.26. The summed E-state index contributed by atoms with van der Waals surface area (Å²) in [7, 11) is 0. The lowest BCUT2D eigenvalue weighted by atomic mass is 9.89. The van der Waals surface area contributed by atoms with Gasteiger partial charge in [0.05, 0.1) is 6.04 Å². The molecule has 19 heavy (non-hydrogen) atoms. The van der Waals surface area contributed by atoms with Gasteiger partial charge in [0, 0.05) is 10.0 Å². The molecular formula is C16H21Cl2N. The lowest BCUT2D eigenvalue weighted by Crippen LogP contribution is -2.25. The number of benzene rings is 1. The highest BCUT2D eigenvalue weighted by Crippen LogP contribution is 2.34. The number of hydrogen-bond donors (Lipinski definition) is 1. The highest BCUT2D eigenvalue weighted by Gasteiger charge is 2.20. The lowest BCUT2D eigenvalue weighted by molar-refractivity contribution is 0.547. The van der Waals surface area contributed by atoms with Gasteiger partial charge < -0.3 is 5.32 Å². The summed E-state index contributed by atoms with van der Waals surface area (Å²) in [5.41, 5.74) is 2.57. The van der Waals surface area contributed by atoms with Crippen molar-refractivity contribution in [1.29, 1.82) is 0 Å². The molecular weight excluding hydrogens is 277 g/mol. The van der Waals surface area contributed by atoms with Gasteiger partial charge in [0.1, 0.15) is 0 Å². The van der Waals surface area contributed by atoms with Crippen LogP contribution >= 0.6 is 23.2 Å². The van der Waals surface area contributed by atoms with Crippen LogP contribution in [0.4, 0.5) is 0 Å². The van der Waals surface area contributed by atoms with E-state index in [9.17, 15) is 0 Å². The van der Waals surface area contributed by atoms with Gasteiger partial charge in [-0.2, -0.15) is 0 Å². The minimum Gasteiger partial charge on any atom is -0.306 e. The molecule has 0 heterocycles. The summed E-state index contributed by atoms with van der Waals surface area (Å²) >= 11 is 12.5. The van der Waals surface area contributed by atoms with Gasteiger partial charge in [0.25, 0.3) is 0 Å². The molecule has 0 spiro atoms. The summed E-state index contributed by atoms with van der Waals surface area (Å²) in [5.74, 6) is 0. The maximum atomic E-state index is 6.36. The Hall–Kier alpha value is -0.500. The first-order valence-corrected chi connectivity index (χ1v) is 7.85. The van der Waals surface area contributed by atoms with Crippen LogP contribution in [0, 0.1) is 0 Å². The topological polar surface area (TPSA) is 12.0 Å². The number of allylic oxidation sites excluding steroid dienone is 1. The van der Waals surface area contributed by atoms with Gasteiger partial charge in [-0.05, 0) is 62.4 Å². The summed E-state index contributed by atoms with van der Waals surface area (Å²) in [6, 6.07) is 5.95. The Morgan fingerprint density at radius 1 is 1.26 bits per heavy atom. The Morgan fingerprint density at radius 2 is 2.11 bits per heavy atom. The maximum Gasteiger partial charge on any atom is 0.0551 e. The van der Waals surface area contributed by atoms with Crippen molar-refractivity contribution in [3.05, 3.63) is 45.5 Å². The summed E-state index contributed by atoms with van der Waals surface area (Å²) in [4.78, 5) is 0. The van der Waals surface area contributed by atoms with Crippen LogP contribution in [-0.2, 0) is 0 Å². The van der Waals surface area contributed by atoms with Gasteiger partial charge in [-0.3, -0.25) is 0 Å². The summed E-state index contributed by atoms with van der Waals surface area (Å²) in [6.45, 7) is 3.17. The molecule has 1 aliphatic carbocycles. The minimum atomic E-state index is 0.214. The third-order valence-electron chi connectivity index (χ3n) is 3.56. The van der Waals surface area contributed by atoms with E-state index in [2.05, 4.69) is 18.3 Å². The molecule has 1 atom stereocenters. The molecule has 1 unspecified atom stereocenters. The monoisotopic (exact) mass is 297 g/mol. The number of rotatable bonds is 5. The van der Waals surface area contributed by atoms with E-state index in [1.54, 1.807) is 0 Å². The molecule has 0 amide bonds. The van der Waals surface area contributed by atoms with Crippen LogP contribution in [0.2, 0.25) is 10.0 Å². The summed E-state index contributed by atoms with van der Waals surface area (Å²) in [6.07, 6.45) is 8.39. The molecule has 104 valence electrons. The molecule has 1 aromatic carbocycles. The van der Waals surface area contributed by atoms with E-state index in [-0.39, 0.29) is 6.04 Å². The first kappa shape index (κ1) is 14.9. The predicted molar refractivity (Wildman–Crippen MR) is 84.0 cm³/mol. The van der Waals surface area contributed by atoms with E-state index < -0.39 is 0 Å². The van der Waals surface area contributed by atoms with Crippen LogP contribution in [0.3, 0.4) is 0 Å². The van der Waals surface area contributed by atoms with E-state index in [0.717, 1.165) is 35.0 Å². The van der Waals surface area contributed by atoms with E-state index in [0.29, 0.717) is 0 Å². The van der Waals surface area contributed by atoms with Crippen LogP contribution in [0.15, 0.2) is 29.8 Å². The third-order valence-corrected chi connectivity index (χ3v) is 4.14. The molecule has 0 saturated heterocycles. The fourth-order valence-electron chi connectivity index (χ4n) is 2.59. The zero-order valence-corrected chi connectivity index (χ0v) is 12.9. The third kappa shape index (κ3) is 3.98. The molecule has 0 bridgehead atoms. The normalized spacial score (nSPS) is 17.1. The van der Waals surface area contributed by atoms with Crippen LogP contribution in [-0.4, -0.2) is 6.54 Å². The molecule has 0 fully saturated rings. The molecule has 0 radical (unpaired) electrons. The molecule has 0 saturated carbocycles. The fourth-order valence-corrected chi connectivity index (χ4v) is 3.00. The first-order valence-electron chi connectivity index (χ1n) is 7.09. The Balaban J connectivity index is 2.30. The fraction of sp³-hybridized carbons (Fsp3) is 0.500. The largest absolute Gasteiger partial charge is 0.306 e. The van der Waals surface area contributed by atoms with Gasteiger partial charge in [0.15, 0.2) is 0 Å². The second kappa shape index (κ2) is 7.33. The average Bonchev–Trinajstić information content (AvgIpc) is 2.44. The SMILES string of the molecule is CCCNC(C1=CCCCC1)c1cc(Cl)ccc1Cl. The Kier molecular flexibility index (Phi) is 5.75. The van der Waals surface area contributed by atoms with E-state index >= 15 is 0 Å². The highest BCUT2D eigenvalue weighted by molar-refractivity contribution is 6.33. The Labute approximate surface area is 126 Å². The molecule has 3 heteroatoms. The molecule has 0 aliphatic heterocycles. The molecule has 1 aliphatic rings. The Morgan fingerprint density at radius 3 is 2.79 bits per heavy atom. The van der Waals surface area contributed by atoms with E-state index in [1.807, 2.05) is 18.2 Å². The van der Waals surface area contributed by atoms with Crippen molar-refractivity contribution >= 4 is 23.2 Å². The van der Waals surface area contributed by atoms with Gasteiger partial charge >= 0.3 is 0 Å². The summed E-state index contributed by atoms with van der Waals surface area (Å²) < 4.78 is 0. The molecule has 1 nitrogen and oxygen atoms in total. The van der Waals surface area contributed by atoms with Crippen LogP contribution in [0.1, 0.15) is 50.6 Å². The number of nitrogens with one attached hydrogen (secondary N) is 1. The molecule has 1 aromatic rings. The standard InChI is InChI=1S/C16H21Cl2N/c1-2-10-19-16(12-6-4-3-5-7-12)14-11-13(17)8-9-15(14)18/h6,8-9,11,16,19H,2-5,7,10H2,1H3. The zero-order valence-electron chi connectivity index (χ0n) is 11.4. The predicted octanol–water partition coefficient (Wildman–Crippen LogP) is 5.53. The smallest absolute Gasteiger partial charge is 0.0551 e. The average molecular weight is 298 g/mol. The summed E-state index contributed by atoms with van der Waals surface area (Å²) in [5, 5.41) is 5.16. The van der Waals surface area contributed by atoms with Crippen LogP contribution in [0.25, 0.3) is 0 Å². The van der Waals surface area contributed by atoms with Crippen molar-refractivity contribution in [1.82, 2.24) is 5.32 Å². The molecule has 2 rings (SSSR count).